The fourth-order valence-corrected chi connectivity index (χ4v) is 1.56. The third-order valence-corrected chi connectivity index (χ3v) is 2.40. The maximum atomic E-state index is 9.55. The van der Waals surface area contributed by atoms with Crippen molar-refractivity contribution < 1.29 is 5.11 Å². The number of nitrogens with zero attached hydrogens (tertiary/aromatic N) is 1. The van der Waals surface area contributed by atoms with E-state index in [0.29, 0.717) is 12.3 Å². The zero-order valence-corrected chi connectivity index (χ0v) is 8.83. The molecule has 1 rings (SSSR count). The number of anilines is 1. The van der Waals surface area contributed by atoms with Gasteiger partial charge in [-0.25, -0.2) is 0 Å². The van der Waals surface area contributed by atoms with Crippen LogP contribution in [0.1, 0.15) is 12.5 Å². The summed E-state index contributed by atoms with van der Waals surface area (Å²) < 4.78 is 0. The Morgan fingerprint density at radius 3 is 2.71 bits per heavy atom. The van der Waals surface area contributed by atoms with E-state index >= 15 is 0 Å². The first-order chi connectivity index (χ1) is 6.70. The summed E-state index contributed by atoms with van der Waals surface area (Å²) in [5.41, 5.74) is 7.51. The summed E-state index contributed by atoms with van der Waals surface area (Å²) in [5.74, 6) is 0.345. The van der Waals surface area contributed by atoms with E-state index in [0.717, 1.165) is 24.3 Å². The molecule has 1 aromatic rings. The molecule has 3 nitrogen and oxygen atoms in total. The van der Waals surface area contributed by atoms with Crippen LogP contribution in [0.4, 0.5) is 5.69 Å². The lowest BCUT2D eigenvalue weighted by Gasteiger charge is -2.24. The molecule has 3 heteroatoms. The van der Waals surface area contributed by atoms with Gasteiger partial charge >= 0.3 is 0 Å². The molecule has 0 heterocycles. The van der Waals surface area contributed by atoms with Crippen molar-refractivity contribution in [2.45, 2.75) is 13.8 Å². The molecule has 0 aliphatic carbocycles. The van der Waals surface area contributed by atoms with Gasteiger partial charge in [0.25, 0.3) is 0 Å². The van der Waals surface area contributed by atoms with Crippen molar-refractivity contribution in [3.05, 3.63) is 23.8 Å². The van der Waals surface area contributed by atoms with E-state index in [-0.39, 0.29) is 0 Å². The van der Waals surface area contributed by atoms with Gasteiger partial charge in [-0.1, -0.05) is 6.07 Å². The lowest BCUT2D eigenvalue weighted by atomic mass is 10.1. The molecule has 0 bridgehead atoms. The second-order valence-electron chi connectivity index (χ2n) is 3.29. The molecular formula is C11H18N2O. The second-order valence-corrected chi connectivity index (χ2v) is 3.29. The number of phenolic OH excluding ortho intramolecular Hbond substituents is 1. The van der Waals surface area contributed by atoms with Crippen molar-refractivity contribution in [2.24, 2.45) is 5.73 Å². The molecule has 0 aliphatic rings. The molecule has 0 aromatic heterocycles. The zero-order valence-electron chi connectivity index (χ0n) is 8.83. The summed E-state index contributed by atoms with van der Waals surface area (Å²) in [5, 5.41) is 9.55. The van der Waals surface area contributed by atoms with E-state index in [2.05, 4.69) is 11.8 Å². The molecule has 0 amide bonds. The zero-order chi connectivity index (χ0) is 10.6. The maximum Gasteiger partial charge on any atom is 0.120 e. The lowest BCUT2D eigenvalue weighted by molar-refractivity contribution is 0.471. The largest absolute Gasteiger partial charge is 0.508 e. The van der Waals surface area contributed by atoms with Crippen molar-refractivity contribution in [3.63, 3.8) is 0 Å². The minimum absolute atomic E-state index is 0.345. The minimum atomic E-state index is 0.345. The molecule has 0 atom stereocenters. The Kier molecular flexibility index (Phi) is 3.77. The SMILES string of the molecule is CCN(CCN)c1cccc(O)c1C. The Morgan fingerprint density at radius 1 is 1.43 bits per heavy atom. The highest BCUT2D eigenvalue weighted by molar-refractivity contribution is 5.58. The van der Waals surface area contributed by atoms with E-state index in [1.807, 2.05) is 19.1 Å². The molecule has 0 unspecified atom stereocenters. The van der Waals surface area contributed by atoms with Crippen LogP contribution in [-0.4, -0.2) is 24.7 Å². The first kappa shape index (κ1) is 10.9. The highest BCUT2D eigenvalue weighted by atomic mass is 16.3. The van der Waals surface area contributed by atoms with E-state index in [1.54, 1.807) is 6.07 Å². The number of aromatic hydroxyl groups is 1. The van der Waals surface area contributed by atoms with Crippen LogP contribution >= 0.6 is 0 Å². The second kappa shape index (κ2) is 4.86. The average molecular weight is 194 g/mol. The van der Waals surface area contributed by atoms with Crippen molar-refractivity contribution in [1.29, 1.82) is 0 Å². The van der Waals surface area contributed by atoms with Gasteiger partial charge < -0.3 is 15.7 Å². The van der Waals surface area contributed by atoms with Crippen molar-refractivity contribution in [1.82, 2.24) is 0 Å². The third-order valence-electron chi connectivity index (χ3n) is 2.40. The predicted octanol–water partition coefficient (Wildman–Crippen LogP) is 1.49. The van der Waals surface area contributed by atoms with Crippen LogP contribution in [0.5, 0.6) is 5.75 Å². The number of hydrogen-bond acceptors (Lipinski definition) is 3. The Balaban J connectivity index is 2.97. The molecule has 78 valence electrons. The molecule has 1 aromatic carbocycles. The molecule has 0 fully saturated rings. The molecule has 14 heavy (non-hydrogen) atoms. The standard InChI is InChI=1S/C11H18N2O/c1-3-13(8-7-12)10-5-4-6-11(14)9(10)2/h4-6,14H,3,7-8,12H2,1-2H3. The van der Waals surface area contributed by atoms with Gasteiger partial charge in [0, 0.05) is 30.9 Å². The minimum Gasteiger partial charge on any atom is -0.508 e. The Hall–Kier alpha value is -1.22. The van der Waals surface area contributed by atoms with Gasteiger partial charge in [0.2, 0.25) is 0 Å². The van der Waals surface area contributed by atoms with Crippen LogP contribution in [-0.2, 0) is 0 Å². The number of phenols is 1. The number of benzene rings is 1. The topological polar surface area (TPSA) is 49.5 Å². The maximum absolute atomic E-state index is 9.55. The molecular weight excluding hydrogens is 176 g/mol. The van der Waals surface area contributed by atoms with Gasteiger partial charge in [0.05, 0.1) is 0 Å². The first-order valence-electron chi connectivity index (χ1n) is 4.94. The van der Waals surface area contributed by atoms with Crippen LogP contribution < -0.4 is 10.6 Å². The number of hydrogen-bond donors (Lipinski definition) is 2. The molecule has 0 saturated carbocycles. The Morgan fingerprint density at radius 2 is 2.14 bits per heavy atom. The van der Waals surface area contributed by atoms with Gasteiger partial charge in [-0.3, -0.25) is 0 Å². The Bertz CT molecular complexity index is 299. The molecule has 0 radical (unpaired) electrons. The van der Waals surface area contributed by atoms with Crippen LogP contribution in [0.3, 0.4) is 0 Å². The van der Waals surface area contributed by atoms with Crippen molar-refractivity contribution >= 4 is 5.69 Å². The van der Waals surface area contributed by atoms with Gasteiger partial charge in [-0.2, -0.15) is 0 Å². The number of likely N-dealkylation sites (N-methyl/N-ethyl adjacent to an activating group) is 1. The average Bonchev–Trinajstić information content (AvgIpc) is 2.19. The molecule has 3 N–H and O–H groups in total. The van der Waals surface area contributed by atoms with E-state index in [9.17, 15) is 5.11 Å². The van der Waals surface area contributed by atoms with E-state index in [4.69, 9.17) is 5.73 Å². The highest BCUT2D eigenvalue weighted by Gasteiger charge is 2.08. The fraction of sp³-hybridized carbons (Fsp3) is 0.455. The summed E-state index contributed by atoms with van der Waals surface area (Å²) in [6, 6.07) is 5.57. The quantitative estimate of drug-likeness (QED) is 0.763. The number of nitrogens with two attached hydrogens (primary N) is 1. The summed E-state index contributed by atoms with van der Waals surface area (Å²) >= 11 is 0. The Labute approximate surface area is 85.2 Å². The molecule has 0 saturated heterocycles. The van der Waals surface area contributed by atoms with Crippen LogP contribution in [0.2, 0.25) is 0 Å². The van der Waals surface area contributed by atoms with Crippen LogP contribution in [0.15, 0.2) is 18.2 Å². The van der Waals surface area contributed by atoms with Gasteiger partial charge in [-0.05, 0) is 26.0 Å². The third kappa shape index (κ3) is 2.17. The van der Waals surface area contributed by atoms with Gasteiger partial charge in [0.15, 0.2) is 0 Å². The predicted molar refractivity (Wildman–Crippen MR) is 59.8 cm³/mol. The fourth-order valence-electron chi connectivity index (χ4n) is 1.56. The summed E-state index contributed by atoms with van der Waals surface area (Å²) in [6.45, 7) is 6.36. The first-order valence-corrected chi connectivity index (χ1v) is 4.94. The van der Waals surface area contributed by atoms with Gasteiger partial charge in [0.1, 0.15) is 5.75 Å². The molecule has 0 spiro atoms. The highest BCUT2D eigenvalue weighted by Crippen LogP contribution is 2.26. The van der Waals surface area contributed by atoms with Gasteiger partial charge in [-0.15, -0.1) is 0 Å². The molecule has 0 aliphatic heterocycles. The monoisotopic (exact) mass is 194 g/mol. The lowest BCUT2D eigenvalue weighted by Crippen LogP contribution is -2.29. The normalized spacial score (nSPS) is 10.2. The summed E-state index contributed by atoms with van der Waals surface area (Å²) in [6.07, 6.45) is 0. The van der Waals surface area contributed by atoms with Crippen molar-refractivity contribution in [2.75, 3.05) is 24.5 Å². The number of rotatable bonds is 4. The van der Waals surface area contributed by atoms with Crippen molar-refractivity contribution in [3.8, 4) is 5.75 Å². The van der Waals surface area contributed by atoms with Crippen LogP contribution in [0.25, 0.3) is 0 Å². The van der Waals surface area contributed by atoms with Crippen LogP contribution in [0, 0.1) is 6.92 Å². The smallest absolute Gasteiger partial charge is 0.120 e. The van der Waals surface area contributed by atoms with E-state index in [1.165, 1.54) is 0 Å². The summed E-state index contributed by atoms with van der Waals surface area (Å²) in [7, 11) is 0. The van der Waals surface area contributed by atoms with E-state index < -0.39 is 0 Å². The summed E-state index contributed by atoms with van der Waals surface area (Å²) in [4.78, 5) is 2.16.